The molecule has 1 saturated carbocycles. The molecular weight excluding hydrogens is 338 g/mol. The molecule has 0 aromatic heterocycles. The van der Waals surface area contributed by atoms with E-state index in [1.807, 2.05) is 0 Å². The molecule has 6 nitrogen and oxygen atoms in total. The van der Waals surface area contributed by atoms with Gasteiger partial charge in [0.25, 0.3) is 0 Å². The summed E-state index contributed by atoms with van der Waals surface area (Å²) in [5.41, 5.74) is 0. The SMILES string of the molecule is O=C(CN1CCC(NS(=O)(=O)c2ccccc2)CC1)NC1CCCC1. The second-order valence-corrected chi connectivity index (χ2v) is 8.75. The fraction of sp³-hybridized carbons (Fsp3) is 0.611. The lowest BCUT2D eigenvalue weighted by Crippen LogP contribution is -2.48. The van der Waals surface area contributed by atoms with Gasteiger partial charge in [0.15, 0.2) is 0 Å². The summed E-state index contributed by atoms with van der Waals surface area (Å²) >= 11 is 0. The van der Waals surface area contributed by atoms with E-state index >= 15 is 0 Å². The van der Waals surface area contributed by atoms with E-state index in [1.165, 1.54) is 12.8 Å². The van der Waals surface area contributed by atoms with E-state index in [4.69, 9.17) is 0 Å². The second kappa shape index (κ2) is 8.29. The van der Waals surface area contributed by atoms with Crippen molar-refractivity contribution >= 4 is 15.9 Å². The van der Waals surface area contributed by atoms with Crippen LogP contribution < -0.4 is 10.0 Å². The maximum Gasteiger partial charge on any atom is 0.240 e. The maximum atomic E-state index is 12.4. The molecule has 138 valence electrons. The average molecular weight is 365 g/mol. The third-order valence-corrected chi connectivity index (χ3v) is 6.59. The summed E-state index contributed by atoms with van der Waals surface area (Å²) in [6.45, 7) is 1.88. The molecule has 1 saturated heterocycles. The molecule has 0 spiro atoms. The van der Waals surface area contributed by atoms with Crippen molar-refractivity contribution < 1.29 is 13.2 Å². The zero-order chi connectivity index (χ0) is 17.7. The predicted octanol–water partition coefficient (Wildman–Crippen LogP) is 1.49. The van der Waals surface area contributed by atoms with Crippen LogP contribution in [-0.2, 0) is 14.8 Å². The highest BCUT2D eigenvalue weighted by Crippen LogP contribution is 2.18. The normalized spacial score (nSPS) is 20.6. The third kappa shape index (κ3) is 5.26. The van der Waals surface area contributed by atoms with Crippen molar-refractivity contribution in [1.82, 2.24) is 14.9 Å². The number of benzene rings is 1. The van der Waals surface area contributed by atoms with Gasteiger partial charge in [-0.1, -0.05) is 31.0 Å². The third-order valence-electron chi connectivity index (χ3n) is 5.05. The number of carbonyl (C=O) groups is 1. The van der Waals surface area contributed by atoms with Gasteiger partial charge in [-0.15, -0.1) is 0 Å². The van der Waals surface area contributed by atoms with Crippen molar-refractivity contribution in [2.45, 2.75) is 55.5 Å². The number of nitrogens with zero attached hydrogens (tertiary/aromatic N) is 1. The van der Waals surface area contributed by atoms with Crippen molar-refractivity contribution in [1.29, 1.82) is 0 Å². The molecule has 1 amide bonds. The van der Waals surface area contributed by atoms with E-state index in [9.17, 15) is 13.2 Å². The molecular formula is C18H27N3O3S. The van der Waals surface area contributed by atoms with Crippen LogP contribution in [0.2, 0.25) is 0 Å². The van der Waals surface area contributed by atoms with Crippen molar-refractivity contribution in [2.75, 3.05) is 19.6 Å². The number of nitrogens with one attached hydrogen (secondary N) is 2. The summed E-state index contributed by atoms with van der Waals surface area (Å²) in [4.78, 5) is 14.5. The summed E-state index contributed by atoms with van der Waals surface area (Å²) in [5, 5.41) is 3.10. The van der Waals surface area contributed by atoms with Gasteiger partial charge in [-0.05, 0) is 37.8 Å². The lowest BCUT2D eigenvalue weighted by Gasteiger charge is -2.32. The zero-order valence-electron chi connectivity index (χ0n) is 14.5. The standard InChI is InChI=1S/C18H27N3O3S/c22-18(19-15-6-4-5-7-15)14-21-12-10-16(11-13-21)20-25(23,24)17-8-2-1-3-9-17/h1-3,8-9,15-16,20H,4-7,10-14H2,(H,19,22). The van der Waals surface area contributed by atoms with Crippen molar-refractivity contribution in [3.63, 3.8) is 0 Å². The molecule has 1 aromatic rings. The highest BCUT2D eigenvalue weighted by molar-refractivity contribution is 7.89. The quantitative estimate of drug-likeness (QED) is 0.801. The first-order valence-electron chi connectivity index (χ1n) is 9.12. The first-order chi connectivity index (χ1) is 12.0. The number of sulfonamides is 1. The van der Waals surface area contributed by atoms with Crippen LogP contribution in [0.4, 0.5) is 0 Å². The smallest absolute Gasteiger partial charge is 0.240 e. The zero-order valence-corrected chi connectivity index (χ0v) is 15.3. The predicted molar refractivity (Wildman–Crippen MR) is 96.6 cm³/mol. The highest BCUT2D eigenvalue weighted by Gasteiger charge is 2.26. The molecule has 0 bridgehead atoms. The van der Waals surface area contributed by atoms with Crippen LogP contribution in [0.1, 0.15) is 38.5 Å². The van der Waals surface area contributed by atoms with E-state index in [2.05, 4.69) is 14.9 Å². The molecule has 2 N–H and O–H groups in total. The Labute approximate surface area is 150 Å². The van der Waals surface area contributed by atoms with E-state index in [1.54, 1.807) is 30.3 Å². The lowest BCUT2D eigenvalue weighted by molar-refractivity contribution is -0.123. The van der Waals surface area contributed by atoms with Crippen LogP contribution in [0.25, 0.3) is 0 Å². The van der Waals surface area contributed by atoms with Crippen LogP contribution in [0.15, 0.2) is 35.2 Å². The summed E-state index contributed by atoms with van der Waals surface area (Å²) < 4.78 is 27.5. The molecule has 0 unspecified atom stereocenters. The molecule has 25 heavy (non-hydrogen) atoms. The minimum atomic E-state index is -3.46. The molecule has 1 aliphatic heterocycles. The fourth-order valence-electron chi connectivity index (χ4n) is 3.64. The minimum Gasteiger partial charge on any atom is -0.352 e. The monoisotopic (exact) mass is 365 g/mol. The number of piperidine rings is 1. The average Bonchev–Trinajstić information content (AvgIpc) is 3.10. The summed E-state index contributed by atoms with van der Waals surface area (Å²) in [6.07, 6.45) is 6.05. The van der Waals surface area contributed by atoms with Gasteiger partial charge in [0.2, 0.25) is 15.9 Å². The minimum absolute atomic E-state index is 0.0700. The Morgan fingerprint density at radius 3 is 2.28 bits per heavy atom. The maximum absolute atomic E-state index is 12.4. The topological polar surface area (TPSA) is 78.5 Å². The Hall–Kier alpha value is -1.44. The van der Waals surface area contributed by atoms with E-state index < -0.39 is 10.0 Å². The second-order valence-electron chi connectivity index (χ2n) is 7.03. The van der Waals surface area contributed by atoms with Gasteiger partial charge in [0, 0.05) is 25.2 Å². The fourth-order valence-corrected chi connectivity index (χ4v) is 4.97. The molecule has 1 aliphatic carbocycles. The molecule has 0 radical (unpaired) electrons. The summed E-state index contributed by atoms with van der Waals surface area (Å²) in [5.74, 6) is 0.0928. The van der Waals surface area contributed by atoms with E-state index in [0.717, 1.165) is 38.8 Å². The summed E-state index contributed by atoms with van der Waals surface area (Å²) in [6, 6.07) is 8.73. The lowest BCUT2D eigenvalue weighted by atomic mass is 10.1. The number of likely N-dealkylation sites (tertiary alicyclic amines) is 1. The number of hydrogen-bond acceptors (Lipinski definition) is 4. The molecule has 0 atom stereocenters. The highest BCUT2D eigenvalue weighted by atomic mass is 32.2. The molecule has 1 heterocycles. The van der Waals surface area contributed by atoms with Crippen LogP contribution in [0.5, 0.6) is 0 Å². The Kier molecular flexibility index (Phi) is 6.09. The van der Waals surface area contributed by atoms with Crippen LogP contribution in [-0.4, -0.2) is 50.9 Å². The van der Waals surface area contributed by atoms with E-state index in [-0.39, 0.29) is 11.9 Å². The van der Waals surface area contributed by atoms with Crippen molar-refractivity contribution in [2.24, 2.45) is 0 Å². The van der Waals surface area contributed by atoms with Crippen LogP contribution in [0.3, 0.4) is 0 Å². The largest absolute Gasteiger partial charge is 0.352 e. The van der Waals surface area contributed by atoms with Crippen molar-refractivity contribution in [3.8, 4) is 0 Å². The first kappa shape index (κ1) is 18.4. The van der Waals surface area contributed by atoms with Gasteiger partial charge in [-0.25, -0.2) is 13.1 Å². The Morgan fingerprint density at radius 1 is 1.00 bits per heavy atom. The first-order valence-corrected chi connectivity index (χ1v) is 10.6. The van der Waals surface area contributed by atoms with Gasteiger partial charge in [-0.2, -0.15) is 0 Å². The molecule has 7 heteroatoms. The van der Waals surface area contributed by atoms with Gasteiger partial charge in [0.1, 0.15) is 0 Å². The van der Waals surface area contributed by atoms with Gasteiger partial charge >= 0.3 is 0 Å². The van der Waals surface area contributed by atoms with Crippen LogP contribution >= 0.6 is 0 Å². The molecule has 3 rings (SSSR count). The van der Waals surface area contributed by atoms with Gasteiger partial charge in [-0.3, -0.25) is 9.69 Å². The van der Waals surface area contributed by atoms with Gasteiger partial charge < -0.3 is 5.32 Å². The van der Waals surface area contributed by atoms with Crippen LogP contribution in [0, 0.1) is 0 Å². The summed E-state index contributed by atoms with van der Waals surface area (Å²) in [7, 11) is -3.46. The Balaban J connectivity index is 1.43. The number of carbonyl (C=O) groups excluding carboxylic acids is 1. The molecule has 2 aliphatic rings. The van der Waals surface area contributed by atoms with E-state index in [0.29, 0.717) is 17.5 Å². The number of rotatable bonds is 6. The van der Waals surface area contributed by atoms with Gasteiger partial charge in [0.05, 0.1) is 11.4 Å². The molecule has 2 fully saturated rings. The number of amides is 1. The Morgan fingerprint density at radius 2 is 1.64 bits per heavy atom. The Bertz CT molecular complexity index is 664. The number of hydrogen-bond donors (Lipinski definition) is 2. The van der Waals surface area contributed by atoms with Crippen molar-refractivity contribution in [3.05, 3.63) is 30.3 Å². The molecule has 1 aromatic carbocycles.